The first-order chi connectivity index (χ1) is 20.4. The van der Waals surface area contributed by atoms with Crippen molar-refractivity contribution in [3.8, 4) is 0 Å². The molecule has 0 aliphatic carbocycles. The van der Waals surface area contributed by atoms with Crippen molar-refractivity contribution in [3.63, 3.8) is 0 Å². The number of esters is 3. The minimum atomic E-state index is -1.40. The number of carboxylic acid groups (broad SMARTS) is 1. The fraction of sp³-hybridized carbons (Fsp3) is 0.706. The Bertz CT molecular complexity index is 940. The van der Waals surface area contributed by atoms with Gasteiger partial charge in [-0.25, -0.2) is 19.2 Å². The Labute approximate surface area is 252 Å². The maximum Gasteiger partial charge on any atom is 0.339 e. The fourth-order valence-electron chi connectivity index (χ4n) is 4.66. The highest BCUT2D eigenvalue weighted by atomic mass is 16.5. The van der Waals surface area contributed by atoms with Gasteiger partial charge in [0.15, 0.2) is 0 Å². The van der Waals surface area contributed by atoms with Crippen molar-refractivity contribution in [1.29, 1.82) is 0 Å². The van der Waals surface area contributed by atoms with Crippen molar-refractivity contribution >= 4 is 23.9 Å². The highest BCUT2D eigenvalue weighted by Gasteiger charge is 2.28. The summed E-state index contributed by atoms with van der Waals surface area (Å²) in [6.45, 7) is 6.89. The van der Waals surface area contributed by atoms with Gasteiger partial charge in [0.25, 0.3) is 0 Å². The second kappa shape index (κ2) is 23.6. The number of hydrogen-bond donors (Lipinski definition) is 1. The molecule has 0 amide bonds. The van der Waals surface area contributed by atoms with E-state index in [-0.39, 0.29) is 36.5 Å². The van der Waals surface area contributed by atoms with Crippen LogP contribution in [0, 0.1) is 0 Å². The summed E-state index contributed by atoms with van der Waals surface area (Å²) in [5.74, 6) is -3.86. The van der Waals surface area contributed by atoms with E-state index in [4.69, 9.17) is 14.2 Å². The molecule has 0 bridgehead atoms. The molecule has 0 aliphatic heterocycles. The number of hydrogen-bond acceptors (Lipinski definition) is 7. The summed E-state index contributed by atoms with van der Waals surface area (Å²) >= 11 is 0. The molecule has 0 radical (unpaired) electrons. The van der Waals surface area contributed by atoms with E-state index in [1.807, 2.05) is 0 Å². The van der Waals surface area contributed by atoms with Gasteiger partial charge in [0.1, 0.15) is 0 Å². The summed E-state index contributed by atoms with van der Waals surface area (Å²) in [4.78, 5) is 51.1. The molecule has 0 aromatic heterocycles. The molecule has 0 saturated heterocycles. The zero-order valence-corrected chi connectivity index (χ0v) is 26.3. The molecule has 0 atom stereocenters. The number of benzene rings is 1. The highest BCUT2D eigenvalue weighted by molar-refractivity contribution is 6.10. The van der Waals surface area contributed by atoms with E-state index in [1.165, 1.54) is 0 Å². The smallest absolute Gasteiger partial charge is 0.339 e. The van der Waals surface area contributed by atoms with Crippen LogP contribution < -0.4 is 0 Å². The normalized spacial score (nSPS) is 10.8. The maximum absolute atomic E-state index is 13.1. The summed E-state index contributed by atoms with van der Waals surface area (Å²) in [6, 6.07) is 2.15. The van der Waals surface area contributed by atoms with Crippen molar-refractivity contribution in [2.45, 2.75) is 136 Å². The molecule has 1 rings (SSSR count). The number of carboxylic acids is 1. The average Bonchev–Trinajstić information content (AvgIpc) is 2.98. The molecular formula is C34H54O8. The van der Waals surface area contributed by atoms with Crippen molar-refractivity contribution in [1.82, 2.24) is 0 Å². The van der Waals surface area contributed by atoms with Gasteiger partial charge in [0.2, 0.25) is 0 Å². The third-order valence-electron chi connectivity index (χ3n) is 7.24. The van der Waals surface area contributed by atoms with Gasteiger partial charge in [-0.1, -0.05) is 117 Å². The summed E-state index contributed by atoms with van der Waals surface area (Å²) < 4.78 is 16.2. The van der Waals surface area contributed by atoms with Crippen molar-refractivity contribution in [3.05, 3.63) is 34.4 Å². The van der Waals surface area contributed by atoms with E-state index in [2.05, 4.69) is 20.8 Å². The molecule has 238 valence electrons. The van der Waals surface area contributed by atoms with E-state index >= 15 is 0 Å². The monoisotopic (exact) mass is 590 g/mol. The lowest BCUT2D eigenvalue weighted by atomic mass is 9.98. The van der Waals surface area contributed by atoms with Crippen LogP contribution in [0.5, 0.6) is 0 Å². The van der Waals surface area contributed by atoms with Crippen LogP contribution in [0.15, 0.2) is 12.1 Å². The predicted molar refractivity (Wildman–Crippen MR) is 164 cm³/mol. The van der Waals surface area contributed by atoms with Gasteiger partial charge in [-0.3, -0.25) is 0 Å². The molecule has 0 heterocycles. The first kappa shape index (κ1) is 37.1. The predicted octanol–water partition coefficient (Wildman–Crippen LogP) is 8.94. The van der Waals surface area contributed by atoms with E-state index in [0.717, 1.165) is 108 Å². The van der Waals surface area contributed by atoms with Gasteiger partial charge >= 0.3 is 23.9 Å². The van der Waals surface area contributed by atoms with Gasteiger partial charge in [-0.15, -0.1) is 0 Å². The molecule has 8 nitrogen and oxygen atoms in total. The first-order valence-electron chi connectivity index (χ1n) is 16.3. The lowest BCUT2D eigenvalue weighted by molar-refractivity contribution is 0.0446. The standard InChI is InChI=1S/C34H54O8/c1-4-7-10-13-16-19-22-40-32(37)28-26-30(34(39)42-24-21-18-15-12-9-6-3)29(25-27(28)31(35)36)33(38)41-23-20-17-14-11-8-5-2/h25-26H,4-24H2,1-3H3,(H,35,36). The minimum Gasteiger partial charge on any atom is -0.478 e. The maximum atomic E-state index is 13.1. The summed E-state index contributed by atoms with van der Waals surface area (Å²) in [5.41, 5.74) is -1.11. The number of unbranched alkanes of at least 4 members (excludes halogenated alkanes) is 15. The molecule has 0 unspecified atom stereocenters. The Morgan fingerprint density at radius 2 is 0.714 bits per heavy atom. The topological polar surface area (TPSA) is 116 Å². The molecule has 1 aromatic carbocycles. The lowest BCUT2D eigenvalue weighted by Gasteiger charge is -2.14. The fourth-order valence-corrected chi connectivity index (χ4v) is 4.66. The molecule has 42 heavy (non-hydrogen) atoms. The van der Waals surface area contributed by atoms with Gasteiger partial charge in [-0.05, 0) is 31.4 Å². The van der Waals surface area contributed by atoms with Gasteiger partial charge in [-0.2, -0.15) is 0 Å². The van der Waals surface area contributed by atoms with Crippen molar-refractivity contribution < 1.29 is 38.5 Å². The van der Waals surface area contributed by atoms with Gasteiger partial charge in [0, 0.05) is 0 Å². The Morgan fingerprint density at radius 1 is 0.452 bits per heavy atom. The third kappa shape index (κ3) is 15.4. The van der Waals surface area contributed by atoms with Crippen molar-refractivity contribution in [2.75, 3.05) is 19.8 Å². The average molecular weight is 591 g/mol. The molecule has 0 aliphatic rings. The zero-order chi connectivity index (χ0) is 31.0. The zero-order valence-electron chi connectivity index (χ0n) is 26.3. The van der Waals surface area contributed by atoms with E-state index in [1.54, 1.807) is 0 Å². The number of rotatable bonds is 25. The third-order valence-corrected chi connectivity index (χ3v) is 7.24. The number of carbonyl (C=O) groups is 4. The second-order valence-corrected chi connectivity index (χ2v) is 11.0. The molecule has 1 aromatic rings. The second-order valence-electron chi connectivity index (χ2n) is 11.0. The van der Waals surface area contributed by atoms with Crippen LogP contribution in [-0.2, 0) is 14.2 Å². The van der Waals surface area contributed by atoms with Crippen LogP contribution in [0.2, 0.25) is 0 Å². The number of aromatic carboxylic acids is 1. The first-order valence-corrected chi connectivity index (χ1v) is 16.3. The Balaban J connectivity index is 3.01. The highest BCUT2D eigenvalue weighted by Crippen LogP contribution is 2.22. The SMILES string of the molecule is CCCCCCCCOC(=O)c1cc(C(=O)OCCCCCCCC)c(C(=O)OCCCCCCCC)cc1C(=O)O. The molecule has 8 heteroatoms. The van der Waals surface area contributed by atoms with Gasteiger partial charge in [0.05, 0.1) is 42.1 Å². The summed E-state index contributed by atoms with van der Waals surface area (Å²) in [7, 11) is 0. The van der Waals surface area contributed by atoms with E-state index in [0.29, 0.717) is 19.3 Å². The molecule has 0 saturated carbocycles. The Hall–Kier alpha value is -2.90. The van der Waals surface area contributed by atoms with Crippen LogP contribution in [0.4, 0.5) is 0 Å². The van der Waals surface area contributed by atoms with Crippen LogP contribution >= 0.6 is 0 Å². The molecule has 1 N–H and O–H groups in total. The quantitative estimate of drug-likeness (QED) is 0.0681. The minimum absolute atomic E-state index is 0.143. The van der Waals surface area contributed by atoms with Gasteiger partial charge < -0.3 is 19.3 Å². The summed E-state index contributed by atoms with van der Waals surface area (Å²) in [5, 5.41) is 9.85. The molecule has 0 spiro atoms. The van der Waals surface area contributed by atoms with Crippen LogP contribution in [0.3, 0.4) is 0 Å². The van der Waals surface area contributed by atoms with Crippen LogP contribution in [-0.4, -0.2) is 48.8 Å². The van der Waals surface area contributed by atoms with Crippen LogP contribution in [0.1, 0.15) is 178 Å². The van der Waals surface area contributed by atoms with E-state index in [9.17, 15) is 24.3 Å². The lowest BCUT2D eigenvalue weighted by Crippen LogP contribution is -2.20. The van der Waals surface area contributed by atoms with Crippen molar-refractivity contribution in [2.24, 2.45) is 0 Å². The largest absolute Gasteiger partial charge is 0.478 e. The van der Waals surface area contributed by atoms with Crippen LogP contribution in [0.25, 0.3) is 0 Å². The number of carbonyl (C=O) groups excluding carboxylic acids is 3. The molecule has 0 fully saturated rings. The Morgan fingerprint density at radius 3 is 1.02 bits per heavy atom. The van der Waals surface area contributed by atoms with E-state index < -0.39 is 29.4 Å². The molecular weight excluding hydrogens is 536 g/mol. The summed E-state index contributed by atoms with van der Waals surface area (Å²) in [6.07, 6.45) is 18.1. The Kier molecular flexibility index (Phi) is 20.9. The number of ether oxygens (including phenoxy) is 3.